The Hall–Kier alpha value is -1.29. The zero-order valence-corrected chi connectivity index (χ0v) is 21.3. The van der Waals surface area contributed by atoms with Crippen molar-refractivity contribution in [1.29, 1.82) is 0 Å². The van der Waals surface area contributed by atoms with E-state index in [1.165, 1.54) is 0 Å². The van der Waals surface area contributed by atoms with E-state index >= 15 is 0 Å². The minimum absolute atomic E-state index is 0. The molecule has 1 aromatic carbocycles. The fraction of sp³-hybridized carbons (Fsp3) is 0.455. The number of hydrogen-bond donors (Lipinski definition) is 0. The van der Waals surface area contributed by atoms with Crippen LogP contribution < -0.4 is 39.3 Å². The summed E-state index contributed by atoms with van der Waals surface area (Å²) < 4.78 is 30.4. The van der Waals surface area contributed by atoms with Gasteiger partial charge in [0.05, 0.1) is 42.1 Å². The number of nitrogens with zero attached hydrogens (tertiary/aromatic N) is 3. The van der Waals surface area contributed by atoms with Crippen LogP contribution in [0.2, 0.25) is 0 Å². The normalized spacial score (nSPS) is 17.3. The molecule has 0 saturated carbocycles. The van der Waals surface area contributed by atoms with Crippen LogP contribution in [0.25, 0.3) is 11.0 Å². The summed E-state index contributed by atoms with van der Waals surface area (Å²) in [6.45, 7) is 7.55. The molecule has 0 amide bonds. The number of rotatable bonds is 7. The molecule has 1 aliphatic rings. The molecule has 2 aromatic heterocycles. The first-order valence-electron chi connectivity index (χ1n) is 10.1. The van der Waals surface area contributed by atoms with Crippen LogP contribution in [0, 0.1) is 5.92 Å². The third-order valence-corrected chi connectivity index (χ3v) is 6.17. The Bertz CT molecular complexity index is 1010. The summed E-state index contributed by atoms with van der Waals surface area (Å²) in [5.41, 5.74) is 3.21. The molecule has 3 heterocycles. The van der Waals surface area contributed by atoms with Crippen LogP contribution in [0.4, 0.5) is 0 Å². The topological polar surface area (TPSA) is 84.6 Å². The second kappa shape index (κ2) is 10.6. The minimum Gasteiger partial charge on any atom is -0.493 e. The van der Waals surface area contributed by atoms with Crippen LogP contribution in [-0.2, 0) is 32.4 Å². The molecule has 1 fully saturated rings. The number of para-hydroxylation sites is 2. The fourth-order valence-corrected chi connectivity index (χ4v) is 4.39. The Kier molecular flexibility index (Phi) is 8.29. The predicted octanol–water partition coefficient (Wildman–Crippen LogP) is 0.239. The average Bonchev–Trinajstić information content (AvgIpc) is 3.17. The van der Waals surface area contributed by atoms with Crippen LogP contribution in [0.15, 0.2) is 41.7 Å². The quantitative estimate of drug-likeness (QED) is 0.476. The maximum absolute atomic E-state index is 12.9. The van der Waals surface area contributed by atoms with Gasteiger partial charge in [-0.1, -0.05) is 31.2 Å². The van der Waals surface area contributed by atoms with Gasteiger partial charge in [-0.25, -0.2) is 0 Å². The minimum atomic E-state index is -1.38. The van der Waals surface area contributed by atoms with Crippen molar-refractivity contribution in [3.8, 4) is 5.75 Å². The van der Waals surface area contributed by atoms with Gasteiger partial charge < -0.3 is 24.2 Å². The summed E-state index contributed by atoms with van der Waals surface area (Å²) in [4.78, 5) is 13.3. The largest absolute Gasteiger partial charge is 1.00 e. The van der Waals surface area contributed by atoms with Crippen molar-refractivity contribution < 1.29 is 48.0 Å². The van der Waals surface area contributed by atoms with E-state index in [1.807, 2.05) is 51.1 Å². The van der Waals surface area contributed by atoms with Gasteiger partial charge in [0.25, 0.3) is 0 Å². The first kappa shape index (κ1) is 24.4. The molecule has 0 bridgehead atoms. The Morgan fingerprint density at radius 2 is 1.97 bits per heavy atom. The van der Waals surface area contributed by atoms with E-state index in [1.54, 1.807) is 6.20 Å². The molecule has 7 nitrogen and oxygen atoms in total. The Morgan fingerprint density at radius 1 is 1.23 bits per heavy atom. The molecule has 1 saturated heterocycles. The molecule has 4 rings (SSSR count). The molecule has 1 aliphatic heterocycles. The maximum atomic E-state index is 12.9. The van der Waals surface area contributed by atoms with E-state index in [2.05, 4.69) is 15.0 Å². The second-order valence-electron chi connectivity index (χ2n) is 7.77. The van der Waals surface area contributed by atoms with Crippen LogP contribution in [0.5, 0.6) is 5.75 Å². The molecule has 0 aliphatic carbocycles. The van der Waals surface area contributed by atoms with E-state index in [-0.39, 0.29) is 41.2 Å². The van der Waals surface area contributed by atoms with Crippen molar-refractivity contribution >= 4 is 21.8 Å². The van der Waals surface area contributed by atoms with Crippen molar-refractivity contribution in [3.05, 3.63) is 47.8 Å². The third kappa shape index (κ3) is 5.94. The number of fused-ring (bicyclic) bond motifs is 1. The zero-order chi connectivity index (χ0) is 21.1. The molecule has 1 unspecified atom stereocenters. The molecular weight excluding hydrogens is 425 g/mol. The van der Waals surface area contributed by atoms with E-state index < -0.39 is 16.6 Å². The van der Waals surface area contributed by atoms with Gasteiger partial charge in [-0.2, -0.15) is 0 Å². The van der Waals surface area contributed by atoms with Gasteiger partial charge >= 0.3 is 29.6 Å². The van der Waals surface area contributed by atoms with Gasteiger partial charge in [-0.05, 0) is 37.4 Å². The van der Waals surface area contributed by atoms with Crippen LogP contribution in [0.3, 0.4) is 0 Å². The molecule has 1 atom stereocenters. The summed E-state index contributed by atoms with van der Waals surface area (Å²) in [5, 5.41) is 0.338. The van der Waals surface area contributed by atoms with Crippen molar-refractivity contribution in [2.24, 2.45) is 5.92 Å². The SMILES string of the molecule is CCc1c(OCC2COC(C)(C)OC2)ccnc1CS(=O)c1nc2ccccc2[n-]1.[Na+]. The third-order valence-electron chi connectivity index (χ3n) is 5.05. The Balaban J connectivity index is 0.00000272. The van der Waals surface area contributed by atoms with E-state index in [9.17, 15) is 4.21 Å². The number of ether oxygens (including phenoxy) is 3. The second-order valence-corrected chi connectivity index (χ2v) is 9.12. The number of aromatic nitrogens is 3. The summed E-state index contributed by atoms with van der Waals surface area (Å²) in [6.07, 6.45) is 2.42. The van der Waals surface area contributed by atoms with Gasteiger partial charge in [0.1, 0.15) is 5.75 Å². The van der Waals surface area contributed by atoms with Crippen molar-refractivity contribution in [3.63, 3.8) is 0 Å². The number of pyridine rings is 1. The average molecular weight is 452 g/mol. The summed E-state index contributed by atoms with van der Waals surface area (Å²) in [6, 6.07) is 9.38. The van der Waals surface area contributed by atoms with Crippen LogP contribution in [-0.4, -0.2) is 39.8 Å². The predicted molar refractivity (Wildman–Crippen MR) is 114 cm³/mol. The summed E-state index contributed by atoms with van der Waals surface area (Å²) in [5.74, 6) is 0.643. The fourth-order valence-electron chi connectivity index (χ4n) is 3.36. The van der Waals surface area contributed by atoms with Gasteiger partial charge in [0.15, 0.2) is 5.79 Å². The molecule has 0 N–H and O–H groups in total. The van der Waals surface area contributed by atoms with E-state index in [0.29, 0.717) is 25.0 Å². The van der Waals surface area contributed by atoms with Crippen LogP contribution in [0.1, 0.15) is 32.0 Å². The van der Waals surface area contributed by atoms with Gasteiger partial charge in [0, 0.05) is 22.8 Å². The standard InChI is InChI=1S/C22H26N3O4S.Na/c1-4-16-19(14-30(26)21-24-17-7-5-6-8-18(17)25-21)23-10-9-20(16)27-11-15-12-28-22(2,3)29-13-15;/h5-10,15H,4,11-14H2,1-3H3;/q-1;+1. The monoisotopic (exact) mass is 451 g/mol. The van der Waals surface area contributed by atoms with Crippen molar-refractivity contribution in [2.45, 2.75) is 43.9 Å². The smallest absolute Gasteiger partial charge is 0.493 e. The molecular formula is C22H26N3NaO4S. The number of benzene rings is 1. The summed E-state index contributed by atoms with van der Waals surface area (Å²) >= 11 is 0. The van der Waals surface area contributed by atoms with Gasteiger partial charge in [-0.15, -0.1) is 0 Å². The van der Waals surface area contributed by atoms with Gasteiger partial charge in [0.2, 0.25) is 0 Å². The maximum Gasteiger partial charge on any atom is 1.00 e. The van der Waals surface area contributed by atoms with Gasteiger partial charge in [-0.3, -0.25) is 9.19 Å². The molecule has 3 aromatic rings. The van der Waals surface area contributed by atoms with Crippen molar-refractivity contribution in [2.75, 3.05) is 19.8 Å². The zero-order valence-electron chi connectivity index (χ0n) is 18.5. The Labute approximate surface area is 207 Å². The summed E-state index contributed by atoms with van der Waals surface area (Å²) in [7, 11) is -1.38. The molecule has 160 valence electrons. The van der Waals surface area contributed by atoms with Crippen LogP contribution >= 0.6 is 0 Å². The number of hydrogen-bond acceptors (Lipinski definition) is 6. The first-order valence-corrected chi connectivity index (χ1v) is 11.4. The number of imidazole rings is 1. The molecule has 0 spiro atoms. The molecule has 9 heteroatoms. The van der Waals surface area contributed by atoms with E-state index in [4.69, 9.17) is 14.2 Å². The molecule has 31 heavy (non-hydrogen) atoms. The van der Waals surface area contributed by atoms with Crippen molar-refractivity contribution in [1.82, 2.24) is 15.0 Å². The van der Waals surface area contributed by atoms with E-state index in [0.717, 1.165) is 34.5 Å². The first-order chi connectivity index (χ1) is 14.4. The Morgan fingerprint density at radius 3 is 2.68 bits per heavy atom. The molecule has 0 radical (unpaired) electrons.